The number of nitrogens with one attached hydrogen (secondary N) is 1. The first kappa shape index (κ1) is 18.9. The molecule has 1 N–H and O–H groups in total. The molecule has 1 aromatic carbocycles. The summed E-state index contributed by atoms with van der Waals surface area (Å²) in [7, 11) is 2.01. The van der Waals surface area contributed by atoms with Crippen molar-refractivity contribution in [2.24, 2.45) is 0 Å². The summed E-state index contributed by atoms with van der Waals surface area (Å²) < 4.78 is 1.91. The SMILES string of the molecule is Cc1cc2nc3c(=O)[nH]c(=O)nc-3n(CCN(C)Cc3ccccn3)c2cc1C. The van der Waals surface area contributed by atoms with E-state index in [-0.39, 0.29) is 5.69 Å². The maximum absolute atomic E-state index is 12.3. The van der Waals surface area contributed by atoms with Gasteiger partial charge in [0.05, 0.1) is 16.7 Å². The normalized spacial score (nSPS) is 11.6. The van der Waals surface area contributed by atoms with Gasteiger partial charge in [0.15, 0.2) is 11.5 Å². The lowest BCUT2D eigenvalue weighted by molar-refractivity contribution is 0.309. The Hall–Kier alpha value is -3.39. The van der Waals surface area contributed by atoms with E-state index in [0.717, 1.165) is 22.3 Å². The summed E-state index contributed by atoms with van der Waals surface area (Å²) >= 11 is 0. The van der Waals surface area contributed by atoms with Crippen molar-refractivity contribution in [2.75, 3.05) is 13.6 Å². The first-order chi connectivity index (χ1) is 13.9. The van der Waals surface area contributed by atoms with Gasteiger partial charge in [0.2, 0.25) is 0 Å². The van der Waals surface area contributed by atoms with Gasteiger partial charge in [0, 0.05) is 25.8 Å². The van der Waals surface area contributed by atoms with Gasteiger partial charge in [-0.1, -0.05) is 6.07 Å². The number of hydrogen-bond donors (Lipinski definition) is 1. The summed E-state index contributed by atoms with van der Waals surface area (Å²) in [6.45, 7) is 5.97. The number of nitrogens with zero attached hydrogens (tertiary/aromatic N) is 5. The molecule has 3 heterocycles. The highest BCUT2D eigenvalue weighted by atomic mass is 16.2. The number of fused-ring (bicyclic) bond motifs is 2. The van der Waals surface area contributed by atoms with E-state index < -0.39 is 11.2 Å². The third kappa shape index (κ3) is 3.79. The molecule has 2 aliphatic rings. The predicted molar refractivity (Wildman–Crippen MR) is 111 cm³/mol. The fraction of sp³-hybridized carbons (Fsp3) is 0.286. The maximum Gasteiger partial charge on any atom is 0.349 e. The van der Waals surface area contributed by atoms with Crippen LogP contribution in [0.25, 0.3) is 22.6 Å². The Morgan fingerprint density at radius 2 is 1.90 bits per heavy atom. The highest BCUT2D eigenvalue weighted by Gasteiger charge is 2.19. The van der Waals surface area contributed by atoms with Crippen molar-refractivity contribution in [2.45, 2.75) is 26.9 Å². The Balaban J connectivity index is 1.77. The lowest BCUT2D eigenvalue weighted by Crippen LogP contribution is -2.30. The second-order valence-corrected chi connectivity index (χ2v) is 7.29. The van der Waals surface area contributed by atoms with Crippen LogP contribution in [0.4, 0.5) is 0 Å². The molecular formula is C21H22N6O2. The Bertz CT molecular complexity index is 1260. The molecule has 8 heteroatoms. The molecular weight excluding hydrogens is 368 g/mol. The zero-order valence-electron chi connectivity index (χ0n) is 16.6. The molecule has 0 atom stereocenters. The van der Waals surface area contributed by atoms with Crippen molar-refractivity contribution in [3.63, 3.8) is 0 Å². The first-order valence-corrected chi connectivity index (χ1v) is 9.42. The van der Waals surface area contributed by atoms with Gasteiger partial charge in [-0.2, -0.15) is 4.98 Å². The van der Waals surface area contributed by atoms with Crippen molar-refractivity contribution >= 4 is 11.0 Å². The van der Waals surface area contributed by atoms with Crippen molar-refractivity contribution in [1.29, 1.82) is 0 Å². The molecule has 0 saturated carbocycles. The van der Waals surface area contributed by atoms with E-state index >= 15 is 0 Å². The minimum Gasteiger partial charge on any atom is -0.321 e. The van der Waals surface area contributed by atoms with Crippen LogP contribution in [0.2, 0.25) is 0 Å². The minimum absolute atomic E-state index is 0.174. The van der Waals surface area contributed by atoms with Crippen molar-refractivity contribution in [3.8, 4) is 11.5 Å². The Kier molecular flexibility index (Phi) is 4.94. The predicted octanol–water partition coefficient (Wildman–Crippen LogP) is 1.73. The van der Waals surface area contributed by atoms with Crippen LogP contribution in [0.15, 0.2) is 46.1 Å². The molecule has 4 rings (SSSR count). The van der Waals surface area contributed by atoms with E-state index in [9.17, 15) is 9.59 Å². The second-order valence-electron chi connectivity index (χ2n) is 7.29. The monoisotopic (exact) mass is 390 g/mol. The summed E-state index contributed by atoms with van der Waals surface area (Å²) in [5.74, 6) is 0.306. The van der Waals surface area contributed by atoms with Crippen molar-refractivity contribution < 1.29 is 0 Å². The second kappa shape index (κ2) is 7.56. The van der Waals surface area contributed by atoms with Gasteiger partial charge in [-0.15, -0.1) is 0 Å². The van der Waals surface area contributed by atoms with Crippen LogP contribution in [-0.4, -0.2) is 43.0 Å². The Labute approximate surface area is 167 Å². The van der Waals surface area contributed by atoms with Crippen LogP contribution >= 0.6 is 0 Å². The summed E-state index contributed by atoms with van der Waals surface area (Å²) in [5, 5.41) is 0. The van der Waals surface area contributed by atoms with Crippen LogP contribution in [0.3, 0.4) is 0 Å². The van der Waals surface area contributed by atoms with Crippen LogP contribution in [0.5, 0.6) is 0 Å². The Morgan fingerprint density at radius 3 is 2.66 bits per heavy atom. The zero-order chi connectivity index (χ0) is 20.5. The smallest absolute Gasteiger partial charge is 0.321 e. The molecule has 0 radical (unpaired) electrons. The highest BCUT2D eigenvalue weighted by Crippen LogP contribution is 2.23. The fourth-order valence-electron chi connectivity index (χ4n) is 3.39. The van der Waals surface area contributed by atoms with E-state index in [4.69, 9.17) is 0 Å². The lowest BCUT2D eigenvalue weighted by atomic mass is 10.1. The average molecular weight is 390 g/mol. The molecule has 8 nitrogen and oxygen atoms in total. The topological polar surface area (TPSA) is 96.8 Å². The van der Waals surface area contributed by atoms with Crippen LogP contribution in [-0.2, 0) is 13.1 Å². The van der Waals surface area contributed by atoms with Crippen molar-refractivity contribution in [1.82, 2.24) is 29.4 Å². The van der Waals surface area contributed by atoms with Gasteiger partial charge >= 0.3 is 5.69 Å². The average Bonchev–Trinajstić information content (AvgIpc) is 2.68. The standard InChI is InChI=1S/C21H22N6O2/c1-13-10-16-17(11-14(13)2)27(19-18(23-16)20(28)25-21(29)24-19)9-8-26(3)12-15-6-4-5-7-22-15/h4-7,10-11H,8-9,12H2,1-3H3,(H,25,28,29). The number of benzene rings is 1. The number of likely N-dealkylation sites (N-methyl/N-ethyl adjacent to an activating group) is 1. The number of aryl methyl sites for hydroxylation is 2. The number of aromatic nitrogens is 5. The van der Waals surface area contributed by atoms with E-state index in [0.29, 0.717) is 31.0 Å². The molecule has 0 aliphatic carbocycles. The van der Waals surface area contributed by atoms with Crippen molar-refractivity contribution in [3.05, 3.63) is 74.2 Å². The van der Waals surface area contributed by atoms with Gasteiger partial charge in [0.25, 0.3) is 5.56 Å². The molecule has 0 fully saturated rings. The maximum atomic E-state index is 12.3. The summed E-state index contributed by atoms with van der Waals surface area (Å²) in [6, 6.07) is 9.83. The van der Waals surface area contributed by atoms with E-state index in [1.807, 2.05) is 55.8 Å². The van der Waals surface area contributed by atoms with Gasteiger partial charge in [-0.05, 0) is 56.3 Å². The van der Waals surface area contributed by atoms with Gasteiger partial charge in [-0.25, -0.2) is 9.78 Å². The number of hydrogen-bond acceptors (Lipinski definition) is 6. The van der Waals surface area contributed by atoms with E-state index in [2.05, 4.69) is 24.8 Å². The molecule has 148 valence electrons. The third-order valence-corrected chi connectivity index (χ3v) is 5.09. The largest absolute Gasteiger partial charge is 0.349 e. The molecule has 0 unspecified atom stereocenters. The molecule has 2 aromatic rings. The number of H-pyrrole nitrogens is 1. The lowest BCUT2D eigenvalue weighted by Gasteiger charge is -2.21. The van der Waals surface area contributed by atoms with Gasteiger partial charge < -0.3 is 4.57 Å². The Morgan fingerprint density at radius 1 is 1.10 bits per heavy atom. The van der Waals surface area contributed by atoms with Gasteiger partial charge in [0.1, 0.15) is 0 Å². The molecule has 2 aliphatic heterocycles. The molecule has 0 spiro atoms. The minimum atomic E-state index is -0.664. The van der Waals surface area contributed by atoms with Gasteiger partial charge in [-0.3, -0.25) is 19.7 Å². The number of pyridine rings is 1. The number of rotatable bonds is 5. The zero-order valence-corrected chi connectivity index (χ0v) is 16.6. The molecule has 29 heavy (non-hydrogen) atoms. The summed E-state index contributed by atoms with van der Waals surface area (Å²) in [6.07, 6.45) is 1.78. The van der Waals surface area contributed by atoms with Crippen LogP contribution in [0, 0.1) is 13.8 Å². The summed E-state index contributed by atoms with van der Waals surface area (Å²) in [5.41, 5.74) is 3.73. The highest BCUT2D eigenvalue weighted by molar-refractivity contribution is 5.81. The molecule has 1 aromatic heterocycles. The molecule has 0 bridgehead atoms. The number of aromatic amines is 1. The third-order valence-electron chi connectivity index (χ3n) is 5.09. The van der Waals surface area contributed by atoms with E-state index in [1.54, 1.807) is 6.20 Å². The first-order valence-electron chi connectivity index (χ1n) is 9.42. The molecule has 0 amide bonds. The van der Waals surface area contributed by atoms with Crippen LogP contribution in [0.1, 0.15) is 16.8 Å². The molecule has 0 saturated heterocycles. The van der Waals surface area contributed by atoms with Crippen LogP contribution < -0.4 is 11.2 Å². The van der Waals surface area contributed by atoms with E-state index in [1.165, 1.54) is 0 Å². The quantitative estimate of drug-likeness (QED) is 0.521. The summed E-state index contributed by atoms with van der Waals surface area (Å²) in [4.78, 5) is 41.5. The fourth-order valence-corrected chi connectivity index (χ4v) is 3.39.